The Morgan fingerprint density at radius 3 is 2.29 bits per heavy atom. The van der Waals surface area contributed by atoms with Crippen molar-refractivity contribution in [2.75, 3.05) is 17.2 Å². The molecule has 0 fully saturated rings. The molecule has 0 aliphatic carbocycles. The highest BCUT2D eigenvalue weighted by molar-refractivity contribution is 7.80. The van der Waals surface area contributed by atoms with Crippen LogP contribution in [0.4, 0.5) is 11.4 Å². The van der Waals surface area contributed by atoms with E-state index in [4.69, 9.17) is 17.0 Å². The first kappa shape index (κ1) is 24.9. The first-order chi connectivity index (χ1) is 16.4. The number of para-hydroxylation sites is 1. The average molecular weight is 476 g/mol. The lowest BCUT2D eigenvalue weighted by atomic mass is 10.1. The second-order valence-electron chi connectivity index (χ2n) is 8.22. The number of carbonyl (C=O) groups excluding carboxylic acids is 2. The molecular formula is C27H29N3O3S. The van der Waals surface area contributed by atoms with Gasteiger partial charge in [-0.3, -0.25) is 14.9 Å². The standard InChI is InChI=1S/C27H29N3O3S/c1-19(2)18-33-24-14-7-6-13-23(24)26(32)30-27(34)29-22-12-8-11-21(17-22)28-25(31)16-15-20-9-4-3-5-10-20/h3-14,17,19H,15-16,18H2,1-2H3,(H,28,31)(H2,29,30,32,34). The number of hydrogen-bond acceptors (Lipinski definition) is 4. The third-order valence-corrected chi connectivity index (χ3v) is 5.02. The Kier molecular flexibility index (Phi) is 9.17. The number of thiocarbonyl (C=S) groups is 1. The molecule has 0 saturated carbocycles. The highest BCUT2D eigenvalue weighted by Gasteiger charge is 2.14. The number of hydrogen-bond donors (Lipinski definition) is 3. The van der Waals surface area contributed by atoms with E-state index in [2.05, 4.69) is 16.0 Å². The van der Waals surface area contributed by atoms with Gasteiger partial charge in [0.15, 0.2) is 5.11 Å². The maximum atomic E-state index is 12.7. The second-order valence-corrected chi connectivity index (χ2v) is 8.63. The Bertz CT molecular complexity index is 1130. The summed E-state index contributed by atoms with van der Waals surface area (Å²) in [5.41, 5.74) is 2.82. The smallest absolute Gasteiger partial charge is 0.261 e. The van der Waals surface area contributed by atoms with E-state index in [1.165, 1.54) is 0 Å². The molecule has 3 rings (SSSR count). The van der Waals surface area contributed by atoms with Gasteiger partial charge in [-0.1, -0.05) is 62.4 Å². The maximum absolute atomic E-state index is 12.7. The van der Waals surface area contributed by atoms with Gasteiger partial charge in [-0.05, 0) is 60.5 Å². The summed E-state index contributed by atoms with van der Waals surface area (Å²) in [7, 11) is 0. The molecule has 3 aromatic rings. The van der Waals surface area contributed by atoms with E-state index in [1.54, 1.807) is 42.5 Å². The van der Waals surface area contributed by atoms with Gasteiger partial charge in [-0.15, -0.1) is 0 Å². The number of aryl methyl sites for hydroxylation is 1. The first-order valence-electron chi connectivity index (χ1n) is 11.2. The van der Waals surface area contributed by atoms with E-state index in [0.29, 0.717) is 48.1 Å². The van der Waals surface area contributed by atoms with E-state index >= 15 is 0 Å². The van der Waals surface area contributed by atoms with Crippen molar-refractivity contribution in [2.24, 2.45) is 5.92 Å². The fourth-order valence-corrected chi connectivity index (χ4v) is 3.38. The van der Waals surface area contributed by atoms with Crippen LogP contribution in [0, 0.1) is 5.92 Å². The van der Waals surface area contributed by atoms with Crippen molar-refractivity contribution < 1.29 is 14.3 Å². The van der Waals surface area contributed by atoms with Gasteiger partial charge in [-0.2, -0.15) is 0 Å². The lowest BCUT2D eigenvalue weighted by Gasteiger charge is -2.14. The zero-order valence-electron chi connectivity index (χ0n) is 19.3. The average Bonchev–Trinajstić information content (AvgIpc) is 2.82. The van der Waals surface area contributed by atoms with Gasteiger partial charge in [0.1, 0.15) is 5.75 Å². The summed E-state index contributed by atoms with van der Waals surface area (Å²) in [6.45, 7) is 4.60. The van der Waals surface area contributed by atoms with Crippen LogP contribution in [0.5, 0.6) is 5.75 Å². The van der Waals surface area contributed by atoms with Crippen LogP contribution in [0.15, 0.2) is 78.9 Å². The van der Waals surface area contributed by atoms with Crippen LogP contribution in [0.2, 0.25) is 0 Å². The second kappa shape index (κ2) is 12.5. The molecule has 0 bridgehead atoms. The topological polar surface area (TPSA) is 79.5 Å². The van der Waals surface area contributed by atoms with Gasteiger partial charge in [-0.25, -0.2) is 0 Å². The highest BCUT2D eigenvalue weighted by atomic mass is 32.1. The SMILES string of the molecule is CC(C)COc1ccccc1C(=O)NC(=S)Nc1cccc(NC(=O)CCc2ccccc2)c1. The van der Waals surface area contributed by atoms with Crippen LogP contribution < -0.4 is 20.7 Å². The third kappa shape index (κ3) is 8.01. The summed E-state index contributed by atoms with van der Waals surface area (Å²) in [6, 6.07) is 24.1. The molecule has 7 heteroatoms. The molecule has 0 aromatic heterocycles. The van der Waals surface area contributed by atoms with Gasteiger partial charge < -0.3 is 15.4 Å². The summed E-state index contributed by atoms with van der Waals surface area (Å²) in [5, 5.41) is 8.72. The molecular weight excluding hydrogens is 446 g/mol. The van der Waals surface area contributed by atoms with E-state index in [9.17, 15) is 9.59 Å². The Morgan fingerprint density at radius 1 is 0.882 bits per heavy atom. The molecule has 34 heavy (non-hydrogen) atoms. The number of amides is 2. The summed E-state index contributed by atoms with van der Waals surface area (Å²) < 4.78 is 5.76. The number of ether oxygens (including phenoxy) is 1. The van der Waals surface area contributed by atoms with Gasteiger partial charge in [0.05, 0.1) is 12.2 Å². The molecule has 0 aliphatic heterocycles. The van der Waals surface area contributed by atoms with Crippen molar-refractivity contribution in [3.63, 3.8) is 0 Å². The predicted molar refractivity (Wildman–Crippen MR) is 140 cm³/mol. The summed E-state index contributed by atoms with van der Waals surface area (Å²) in [6.07, 6.45) is 1.05. The highest BCUT2D eigenvalue weighted by Crippen LogP contribution is 2.19. The van der Waals surface area contributed by atoms with Crippen LogP contribution in [-0.2, 0) is 11.2 Å². The third-order valence-electron chi connectivity index (χ3n) is 4.82. The van der Waals surface area contributed by atoms with Crippen molar-refractivity contribution in [3.8, 4) is 5.75 Å². The van der Waals surface area contributed by atoms with E-state index in [-0.39, 0.29) is 16.9 Å². The molecule has 3 aromatic carbocycles. The molecule has 0 atom stereocenters. The van der Waals surface area contributed by atoms with Gasteiger partial charge in [0.25, 0.3) is 5.91 Å². The Hall–Kier alpha value is -3.71. The molecule has 3 N–H and O–H groups in total. The molecule has 0 heterocycles. The lowest BCUT2D eigenvalue weighted by Crippen LogP contribution is -2.34. The van der Waals surface area contributed by atoms with E-state index in [1.807, 2.05) is 50.2 Å². The van der Waals surface area contributed by atoms with Crippen molar-refractivity contribution >= 4 is 40.5 Å². The minimum Gasteiger partial charge on any atom is -0.492 e. The molecule has 0 aliphatic rings. The number of benzene rings is 3. The van der Waals surface area contributed by atoms with Crippen LogP contribution in [0.1, 0.15) is 36.2 Å². The lowest BCUT2D eigenvalue weighted by molar-refractivity contribution is -0.116. The zero-order chi connectivity index (χ0) is 24.3. The van der Waals surface area contributed by atoms with E-state index in [0.717, 1.165) is 5.56 Å². The number of nitrogens with one attached hydrogen (secondary N) is 3. The molecule has 176 valence electrons. The minimum atomic E-state index is -0.359. The predicted octanol–water partition coefficient (Wildman–Crippen LogP) is 5.42. The first-order valence-corrected chi connectivity index (χ1v) is 11.6. The minimum absolute atomic E-state index is 0.0742. The molecule has 6 nitrogen and oxygen atoms in total. The van der Waals surface area contributed by atoms with Crippen molar-refractivity contribution in [1.82, 2.24) is 5.32 Å². The molecule has 0 radical (unpaired) electrons. The Balaban J connectivity index is 1.54. The summed E-state index contributed by atoms with van der Waals surface area (Å²) in [5.74, 6) is 0.416. The van der Waals surface area contributed by atoms with Crippen LogP contribution in [-0.4, -0.2) is 23.5 Å². The largest absolute Gasteiger partial charge is 0.492 e. The normalized spacial score (nSPS) is 10.4. The zero-order valence-corrected chi connectivity index (χ0v) is 20.2. The van der Waals surface area contributed by atoms with Gasteiger partial charge in [0, 0.05) is 17.8 Å². The fraction of sp³-hybridized carbons (Fsp3) is 0.222. The summed E-state index contributed by atoms with van der Waals surface area (Å²) in [4.78, 5) is 25.1. The van der Waals surface area contributed by atoms with Crippen molar-refractivity contribution in [2.45, 2.75) is 26.7 Å². The monoisotopic (exact) mass is 475 g/mol. The molecule has 0 saturated heterocycles. The van der Waals surface area contributed by atoms with Crippen LogP contribution in [0.3, 0.4) is 0 Å². The quantitative estimate of drug-likeness (QED) is 0.360. The molecule has 0 spiro atoms. The number of carbonyl (C=O) groups is 2. The Morgan fingerprint density at radius 2 is 1.56 bits per heavy atom. The Labute approximate surface area is 205 Å². The maximum Gasteiger partial charge on any atom is 0.261 e. The fourth-order valence-electron chi connectivity index (χ4n) is 3.17. The van der Waals surface area contributed by atoms with Crippen molar-refractivity contribution in [1.29, 1.82) is 0 Å². The van der Waals surface area contributed by atoms with E-state index < -0.39 is 0 Å². The van der Waals surface area contributed by atoms with Crippen LogP contribution in [0.25, 0.3) is 0 Å². The van der Waals surface area contributed by atoms with Gasteiger partial charge in [0.2, 0.25) is 5.91 Å². The van der Waals surface area contributed by atoms with Gasteiger partial charge >= 0.3 is 0 Å². The summed E-state index contributed by atoms with van der Waals surface area (Å²) >= 11 is 5.32. The number of rotatable bonds is 9. The van der Waals surface area contributed by atoms with Crippen LogP contribution >= 0.6 is 12.2 Å². The van der Waals surface area contributed by atoms with Crippen molar-refractivity contribution in [3.05, 3.63) is 90.0 Å². The molecule has 2 amide bonds. The molecule has 0 unspecified atom stereocenters. The number of anilines is 2.